The van der Waals surface area contributed by atoms with Crippen molar-refractivity contribution in [3.05, 3.63) is 48.6 Å². The summed E-state index contributed by atoms with van der Waals surface area (Å²) in [4.78, 5) is 12.2. The first-order valence-corrected chi connectivity index (χ1v) is 19.2. The molecular formula is C41H74O4. The lowest BCUT2D eigenvalue weighted by Crippen LogP contribution is -2.27. The van der Waals surface area contributed by atoms with E-state index in [2.05, 4.69) is 62.5 Å². The van der Waals surface area contributed by atoms with E-state index in [0.717, 1.165) is 44.9 Å². The first kappa shape index (κ1) is 43.4. The normalized spacial score (nSPS) is 12.9. The van der Waals surface area contributed by atoms with Gasteiger partial charge in [0.1, 0.15) is 6.10 Å². The van der Waals surface area contributed by atoms with Crippen LogP contribution in [0.4, 0.5) is 0 Å². The first-order valence-electron chi connectivity index (χ1n) is 19.2. The molecule has 0 aliphatic rings. The zero-order valence-corrected chi connectivity index (χ0v) is 29.9. The maximum Gasteiger partial charge on any atom is 0.306 e. The van der Waals surface area contributed by atoms with Gasteiger partial charge in [-0.25, -0.2) is 0 Å². The second-order valence-electron chi connectivity index (χ2n) is 12.6. The van der Waals surface area contributed by atoms with Gasteiger partial charge in [-0.1, -0.05) is 152 Å². The van der Waals surface area contributed by atoms with Gasteiger partial charge in [-0.2, -0.15) is 0 Å². The number of carbonyl (C=O) groups excluding carboxylic acids is 1. The van der Waals surface area contributed by atoms with Crippen molar-refractivity contribution >= 4 is 5.97 Å². The molecule has 1 N–H and O–H groups in total. The highest BCUT2D eigenvalue weighted by molar-refractivity contribution is 5.69. The number of aliphatic hydroxyl groups is 1. The van der Waals surface area contributed by atoms with Crippen molar-refractivity contribution in [3.63, 3.8) is 0 Å². The number of hydrogen-bond acceptors (Lipinski definition) is 4. The Kier molecular flexibility index (Phi) is 37.1. The van der Waals surface area contributed by atoms with E-state index in [0.29, 0.717) is 13.0 Å². The van der Waals surface area contributed by atoms with Crippen molar-refractivity contribution < 1.29 is 19.4 Å². The second kappa shape index (κ2) is 38.5. The molecule has 262 valence electrons. The maximum absolute atomic E-state index is 12.2. The Hall–Kier alpha value is -1.65. The van der Waals surface area contributed by atoms with Gasteiger partial charge in [0.15, 0.2) is 0 Å². The van der Waals surface area contributed by atoms with E-state index in [1.807, 2.05) is 0 Å². The third kappa shape index (κ3) is 36.7. The monoisotopic (exact) mass is 631 g/mol. The van der Waals surface area contributed by atoms with E-state index >= 15 is 0 Å². The molecule has 4 nitrogen and oxygen atoms in total. The molecule has 0 bridgehead atoms. The molecule has 1 unspecified atom stereocenters. The number of esters is 1. The van der Waals surface area contributed by atoms with Crippen LogP contribution in [0.3, 0.4) is 0 Å². The summed E-state index contributed by atoms with van der Waals surface area (Å²) in [6.07, 6.45) is 48.6. The van der Waals surface area contributed by atoms with Crippen LogP contribution in [0.1, 0.15) is 181 Å². The lowest BCUT2D eigenvalue weighted by molar-refractivity contribution is -0.154. The molecule has 0 saturated carbocycles. The standard InChI is InChI=1S/C41H74O4/c1-3-5-7-9-11-13-15-17-18-19-20-21-22-23-24-25-26-28-30-32-34-36-41(43)45-40(38-42)39-44-37-35-33-31-29-27-16-14-12-10-8-6-4-2/h10,12,15,17,19-20,22-23,40,42H,3-9,11,13-14,16,18,21,24-39H2,1-2H3/b12-10-,17-15-,20-19-,23-22-. The smallest absolute Gasteiger partial charge is 0.306 e. The fraction of sp³-hybridized carbons (Fsp3) is 0.780. The molecule has 0 aromatic heterocycles. The van der Waals surface area contributed by atoms with Crippen molar-refractivity contribution in [3.8, 4) is 0 Å². The maximum atomic E-state index is 12.2. The van der Waals surface area contributed by atoms with Gasteiger partial charge in [0.2, 0.25) is 0 Å². The minimum atomic E-state index is -0.543. The summed E-state index contributed by atoms with van der Waals surface area (Å²) in [6.45, 7) is 5.27. The number of rotatable bonds is 35. The molecule has 45 heavy (non-hydrogen) atoms. The average Bonchev–Trinajstić information content (AvgIpc) is 3.05. The molecular weight excluding hydrogens is 556 g/mol. The van der Waals surface area contributed by atoms with Gasteiger partial charge in [-0.15, -0.1) is 0 Å². The molecule has 0 fully saturated rings. The molecule has 0 heterocycles. The van der Waals surface area contributed by atoms with Gasteiger partial charge in [0, 0.05) is 13.0 Å². The summed E-state index contributed by atoms with van der Waals surface area (Å²) in [5.41, 5.74) is 0. The number of hydrogen-bond donors (Lipinski definition) is 1. The SMILES string of the molecule is CCCC/C=C\CCCCCCCCOCC(CO)OC(=O)CCCCCCCC/C=C\C/C=C\C/C=C\CCCCCCC. The molecule has 0 spiro atoms. The summed E-state index contributed by atoms with van der Waals surface area (Å²) in [5.74, 6) is -0.217. The van der Waals surface area contributed by atoms with Gasteiger partial charge in [0.05, 0.1) is 13.2 Å². The first-order chi connectivity index (χ1) is 22.2. The molecule has 4 heteroatoms. The molecule has 0 aromatic carbocycles. The van der Waals surface area contributed by atoms with Crippen LogP contribution in [0, 0.1) is 0 Å². The third-order valence-corrected chi connectivity index (χ3v) is 8.13. The molecule has 0 aliphatic carbocycles. The Morgan fingerprint density at radius 1 is 0.533 bits per heavy atom. The molecule has 0 aromatic rings. The summed E-state index contributed by atoms with van der Waals surface area (Å²) in [6, 6.07) is 0. The molecule has 0 amide bonds. The Bertz CT molecular complexity index is 708. The van der Waals surface area contributed by atoms with Gasteiger partial charge in [-0.05, 0) is 70.6 Å². The Morgan fingerprint density at radius 2 is 0.956 bits per heavy atom. The lowest BCUT2D eigenvalue weighted by Gasteiger charge is -2.15. The van der Waals surface area contributed by atoms with E-state index in [4.69, 9.17) is 9.47 Å². The van der Waals surface area contributed by atoms with E-state index < -0.39 is 6.10 Å². The van der Waals surface area contributed by atoms with Crippen LogP contribution in [0.5, 0.6) is 0 Å². The van der Waals surface area contributed by atoms with Gasteiger partial charge in [0.25, 0.3) is 0 Å². The molecule has 0 rings (SSSR count). The summed E-state index contributed by atoms with van der Waals surface area (Å²) >= 11 is 0. The Balaban J connectivity index is 3.50. The van der Waals surface area contributed by atoms with Crippen molar-refractivity contribution in [2.75, 3.05) is 19.8 Å². The zero-order chi connectivity index (χ0) is 32.7. The third-order valence-electron chi connectivity index (χ3n) is 8.13. The van der Waals surface area contributed by atoms with Crippen LogP contribution in [-0.2, 0) is 14.3 Å². The topological polar surface area (TPSA) is 55.8 Å². The largest absolute Gasteiger partial charge is 0.457 e. The highest BCUT2D eigenvalue weighted by Gasteiger charge is 2.13. The fourth-order valence-electron chi connectivity index (χ4n) is 5.20. The highest BCUT2D eigenvalue weighted by Crippen LogP contribution is 2.11. The quantitative estimate of drug-likeness (QED) is 0.0430. The van der Waals surface area contributed by atoms with Crippen molar-refractivity contribution in [1.29, 1.82) is 0 Å². The average molecular weight is 631 g/mol. The highest BCUT2D eigenvalue weighted by atomic mass is 16.6. The van der Waals surface area contributed by atoms with Crippen molar-refractivity contribution in [1.82, 2.24) is 0 Å². The van der Waals surface area contributed by atoms with Crippen LogP contribution >= 0.6 is 0 Å². The fourth-order valence-corrected chi connectivity index (χ4v) is 5.20. The van der Waals surface area contributed by atoms with Crippen LogP contribution in [0.15, 0.2) is 48.6 Å². The Morgan fingerprint density at radius 3 is 1.49 bits per heavy atom. The lowest BCUT2D eigenvalue weighted by atomic mass is 10.1. The van der Waals surface area contributed by atoms with Gasteiger partial charge in [-0.3, -0.25) is 4.79 Å². The Labute approximate surface area is 280 Å². The number of aliphatic hydroxyl groups excluding tert-OH is 1. The molecule has 0 aliphatic heterocycles. The predicted octanol–water partition coefficient (Wildman–Crippen LogP) is 12.3. The van der Waals surface area contributed by atoms with Gasteiger partial charge >= 0.3 is 5.97 Å². The minimum Gasteiger partial charge on any atom is -0.457 e. The van der Waals surface area contributed by atoms with Crippen LogP contribution in [-0.4, -0.2) is 37.0 Å². The van der Waals surface area contributed by atoms with Crippen LogP contribution < -0.4 is 0 Å². The van der Waals surface area contributed by atoms with Crippen LogP contribution in [0.2, 0.25) is 0 Å². The summed E-state index contributed by atoms with van der Waals surface area (Å²) in [5, 5.41) is 9.55. The molecule has 0 saturated heterocycles. The van der Waals surface area contributed by atoms with Crippen LogP contribution in [0.25, 0.3) is 0 Å². The predicted molar refractivity (Wildman–Crippen MR) is 196 cm³/mol. The number of allylic oxidation sites excluding steroid dienone is 8. The van der Waals surface area contributed by atoms with Gasteiger partial charge < -0.3 is 14.6 Å². The second-order valence-corrected chi connectivity index (χ2v) is 12.6. The molecule has 1 atom stereocenters. The summed E-state index contributed by atoms with van der Waals surface area (Å²) in [7, 11) is 0. The number of ether oxygens (including phenoxy) is 2. The van der Waals surface area contributed by atoms with E-state index in [9.17, 15) is 9.90 Å². The van der Waals surface area contributed by atoms with E-state index in [1.165, 1.54) is 116 Å². The van der Waals surface area contributed by atoms with Crippen molar-refractivity contribution in [2.24, 2.45) is 0 Å². The van der Waals surface area contributed by atoms with Crippen molar-refractivity contribution in [2.45, 2.75) is 187 Å². The van der Waals surface area contributed by atoms with E-state index in [1.54, 1.807) is 0 Å². The molecule has 0 radical (unpaired) electrons. The minimum absolute atomic E-state index is 0.181. The van der Waals surface area contributed by atoms with E-state index in [-0.39, 0.29) is 19.2 Å². The summed E-state index contributed by atoms with van der Waals surface area (Å²) < 4.78 is 11.1. The zero-order valence-electron chi connectivity index (χ0n) is 29.9. The number of carbonyl (C=O) groups is 1. The number of unbranched alkanes of at least 4 members (excludes halogenated alkanes) is 19.